The Kier molecular flexibility index (Phi) is 4.97. The summed E-state index contributed by atoms with van der Waals surface area (Å²) in [6.45, 7) is 3.71. The van der Waals surface area contributed by atoms with Gasteiger partial charge in [-0.3, -0.25) is 4.79 Å². The smallest absolute Gasteiger partial charge is 0.227 e. The second-order valence-electron chi connectivity index (χ2n) is 4.19. The highest BCUT2D eigenvalue weighted by Crippen LogP contribution is 2.18. The largest absolute Gasteiger partial charge is 0.399 e. The Hall–Kier alpha value is -1.55. The number of benzene rings is 1. The van der Waals surface area contributed by atoms with E-state index in [-0.39, 0.29) is 24.5 Å². The first kappa shape index (κ1) is 13.5. The normalized spacial score (nSPS) is 14.1. The van der Waals surface area contributed by atoms with E-state index < -0.39 is 0 Å². The number of nitrogen functional groups attached to an aromatic ring is 1. The number of nitrogens with two attached hydrogens (primary N) is 1. The molecule has 0 aliphatic rings. The van der Waals surface area contributed by atoms with Gasteiger partial charge in [-0.15, -0.1) is 0 Å². The van der Waals surface area contributed by atoms with E-state index in [0.29, 0.717) is 12.1 Å². The summed E-state index contributed by atoms with van der Waals surface area (Å²) in [6.07, 6.45) is 0.714. The molecule has 0 radical (unpaired) electrons. The molecule has 1 rings (SSSR count). The number of aliphatic hydroxyl groups excluding tert-OH is 1. The standard InChI is InChI=1S/C13H20N2O2/c1-3-12(8-16)15-13(17)9(2)10-5-4-6-11(14)7-10/h4-7,9,12,16H,3,8,14H2,1-2H3,(H,15,17)/t9?,12-/m0/s1. The SMILES string of the molecule is CC[C@@H](CO)NC(=O)C(C)c1cccc(N)c1. The summed E-state index contributed by atoms with van der Waals surface area (Å²) in [4.78, 5) is 11.9. The van der Waals surface area contributed by atoms with Gasteiger partial charge < -0.3 is 16.2 Å². The molecule has 4 heteroatoms. The number of carbonyl (C=O) groups is 1. The molecule has 0 heterocycles. The molecule has 0 spiro atoms. The van der Waals surface area contributed by atoms with Gasteiger partial charge in [-0.2, -0.15) is 0 Å². The lowest BCUT2D eigenvalue weighted by atomic mass is 9.99. The van der Waals surface area contributed by atoms with Gasteiger partial charge in [-0.1, -0.05) is 19.1 Å². The van der Waals surface area contributed by atoms with Crippen molar-refractivity contribution in [2.75, 3.05) is 12.3 Å². The number of anilines is 1. The average molecular weight is 236 g/mol. The monoisotopic (exact) mass is 236 g/mol. The third-order valence-corrected chi connectivity index (χ3v) is 2.86. The number of aliphatic hydroxyl groups is 1. The Morgan fingerprint density at radius 3 is 2.76 bits per heavy atom. The molecular formula is C13H20N2O2. The molecule has 2 atom stereocenters. The van der Waals surface area contributed by atoms with Crippen molar-refractivity contribution in [2.45, 2.75) is 32.2 Å². The van der Waals surface area contributed by atoms with E-state index in [9.17, 15) is 4.79 Å². The highest BCUT2D eigenvalue weighted by Gasteiger charge is 2.17. The van der Waals surface area contributed by atoms with Crippen LogP contribution in [0.4, 0.5) is 5.69 Å². The van der Waals surface area contributed by atoms with E-state index in [1.165, 1.54) is 0 Å². The second-order valence-corrected chi connectivity index (χ2v) is 4.19. The van der Waals surface area contributed by atoms with Crippen LogP contribution in [0.15, 0.2) is 24.3 Å². The fourth-order valence-corrected chi connectivity index (χ4v) is 1.58. The minimum absolute atomic E-state index is 0.0358. The molecule has 17 heavy (non-hydrogen) atoms. The van der Waals surface area contributed by atoms with Gasteiger partial charge in [0.05, 0.1) is 18.6 Å². The van der Waals surface area contributed by atoms with E-state index in [1.54, 1.807) is 12.1 Å². The Labute approximate surface area is 102 Å². The molecule has 0 aromatic heterocycles. The van der Waals surface area contributed by atoms with Crippen LogP contribution in [0.1, 0.15) is 31.7 Å². The molecule has 0 saturated heterocycles. The van der Waals surface area contributed by atoms with Crippen molar-refractivity contribution in [3.63, 3.8) is 0 Å². The third-order valence-electron chi connectivity index (χ3n) is 2.86. The van der Waals surface area contributed by atoms with Crippen molar-refractivity contribution in [3.05, 3.63) is 29.8 Å². The molecule has 4 N–H and O–H groups in total. The minimum atomic E-state index is -0.265. The number of rotatable bonds is 5. The van der Waals surface area contributed by atoms with E-state index in [1.807, 2.05) is 26.0 Å². The molecule has 0 aliphatic carbocycles. The van der Waals surface area contributed by atoms with Crippen LogP contribution >= 0.6 is 0 Å². The van der Waals surface area contributed by atoms with Crippen molar-refractivity contribution in [1.29, 1.82) is 0 Å². The van der Waals surface area contributed by atoms with Crippen LogP contribution in [0.2, 0.25) is 0 Å². The molecule has 0 aliphatic heterocycles. The quantitative estimate of drug-likeness (QED) is 0.674. The van der Waals surface area contributed by atoms with E-state index in [2.05, 4.69) is 5.32 Å². The number of carbonyl (C=O) groups excluding carboxylic acids is 1. The Morgan fingerprint density at radius 2 is 2.24 bits per heavy atom. The van der Waals surface area contributed by atoms with Crippen LogP contribution in [0.5, 0.6) is 0 Å². The zero-order valence-electron chi connectivity index (χ0n) is 10.3. The number of amides is 1. The van der Waals surface area contributed by atoms with E-state index >= 15 is 0 Å². The summed E-state index contributed by atoms with van der Waals surface area (Å²) in [7, 11) is 0. The lowest BCUT2D eigenvalue weighted by Crippen LogP contribution is -2.39. The van der Waals surface area contributed by atoms with Gasteiger partial charge in [0.2, 0.25) is 5.91 Å². The van der Waals surface area contributed by atoms with Crippen molar-refractivity contribution >= 4 is 11.6 Å². The number of nitrogens with one attached hydrogen (secondary N) is 1. The van der Waals surface area contributed by atoms with Crippen LogP contribution in [0, 0.1) is 0 Å². The molecule has 0 bridgehead atoms. The van der Waals surface area contributed by atoms with Gasteiger partial charge in [0.15, 0.2) is 0 Å². The fourth-order valence-electron chi connectivity index (χ4n) is 1.58. The molecule has 1 aromatic carbocycles. The summed E-state index contributed by atoms with van der Waals surface area (Å²) < 4.78 is 0. The van der Waals surface area contributed by atoms with Crippen molar-refractivity contribution in [1.82, 2.24) is 5.32 Å². The van der Waals surface area contributed by atoms with Gasteiger partial charge in [-0.05, 0) is 31.0 Å². The average Bonchev–Trinajstić information content (AvgIpc) is 2.34. The third kappa shape index (κ3) is 3.75. The Balaban J connectivity index is 2.69. The maximum absolute atomic E-state index is 11.9. The Morgan fingerprint density at radius 1 is 1.53 bits per heavy atom. The van der Waals surface area contributed by atoms with Crippen LogP contribution in [-0.2, 0) is 4.79 Å². The van der Waals surface area contributed by atoms with E-state index in [4.69, 9.17) is 10.8 Å². The molecule has 0 fully saturated rings. The zero-order valence-corrected chi connectivity index (χ0v) is 10.3. The van der Waals surface area contributed by atoms with Crippen LogP contribution < -0.4 is 11.1 Å². The highest BCUT2D eigenvalue weighted by molar-refractivity contribution is 5.83. The molecule has 1 amide bonds. The van der Waals surface area contributed by atoms with Gasteiger partial charge in [0.25, 0.3) is 0 Å². The summed E-state index contributed by atoms with van der Waals surface area (Å²) in [5.74, 6) is -0.351. The molecular weight excluding hydrogens is 216 g/mol. The van der Waals surface area contributed by atoms with Crippen LogP contribution in [-0.4, -0.2) is 23.7 Å². The van der Waals surface area contributed by atoms with Crippen molar-refractivity contribution in [3.8, 4) is 0 Å². The number of hydrogen-bond acceptors (Lipinski definition) is 3. The molecule has 0 saturated carbocycles. The maximum Gasteiger partial charge on any atom is 0.227 e. The van der Waals surface area contributed by atoms with Crippen molar-refractivity contribution < 1.29 is 9.90 Å². The maximum atomic E-state index is 11.9. The summed E-state index contributed by atoms with van der Waals surface area (Å²) in [5, 5.41) is 11.8. The molecule has 4 nitrogen and oxygen atoms in total. The van der Waals surface area contributed by atoms with Crippen LogP contribution in [0.3, 0.4) is 0 Å². The predicted molar refractivity (Wildman–Crippen MR) is 68.6 cm³/mol. The van der Waals surface area contributed by atoms with Gasteiger partial charge in [-0.25, -0.2) is 0 Å². The van der Waals surface area contributed by atoms with Gasteiger partial charge in [0, 0.05) is 5.69 Å². The second kappa shape index (κ2) is 6.25. The number of hydrogen-bond donors (Lipinski definition) is 3. The van der Waals surface area contributed by atoms with Gasteiger partial charge in [0.1, 0.15) is 0 Å². The predicted octanol–water partition coefficient (Wildman–Crippen LogP) is 1.26. The first-order valence-electron chi connectivity index (χ1n) is 5.85. The minimum Gasteiger partial charge on any atom is -0.399 e. The van der Waals surface area contributed by atoms with Crippen LogP contribution in [0.25, 0.3) is 0 Å². The highest BCUT2D eigenvalue weighted by atomic mass is 16.3. The molecule has 1 aromatic rings. The summed E-state index contributed by atoms with van der Waals surface area (Å²) in [5.41, 5.74) is 7.21. The first-order chi connectivity index (χ1) is 8.08. The lowest BCUT2D eigenvalue weighted by Gasteiger charge is -2.18. The molecule has 1 unspecified atom stereocenters. The topological polar surface area (TPSA) is 75.3 Å². The lowest BCUT2D eigenvalue weighted by molar-refractivity contribution is -0.123. The summed E-state index contributed by atoms with van der Waals surface area (Å²) >= 11 is 0. The zero-order chi connectivity index (χ0) is 12.8. The molecule has 94 valence electrons. The van der Waals surface area contributed by atoms with Crippen molar-refractivity contribution in [2.24, 2.45) is 0 Å². The fraction of sp³-hybridized carbons (Fsp3) is 0.462. The van der Waals surface area contributed by atoms with E-state index in [0.717, 1.165) is 5.56 Å². The van der Waals surface area contributed by atoms with Gasteiger partial charge >= 0.3 is 0 Å². The summed E-state index contributed by atoms with van der Waals surface area (Å²) in [6, 6.07) is 7.12. The first-order valence-corrected chi connectivity index (χ1v) is 5.85. The Bertz CT molecular complexity index is 375.